The Morgan fingerprint density at radius 2 is 2.14 bits per heavy atom. The number of ether oxygens (including phenoxy) is 2. The number of benzene rings is 2. The third-order valence-electron chi connectivity index (χ3n) is 4.90. The molecule has 3 aromatic rings. The molecule has 7 nitrogen and oxygen atoms in total. The highest BCUT2D eigenvalue weighted by atomic mass is 16.5. The number of phenolic OH excluding ortho intramolecular Hbond substituents is 1. The maximum Gasteiger partial charge on any atom is 0.338 e. The molecular formula is C22H21N3O4. The first kappa shape index (κ1) is 18.6. The van der Waals surface area contributed by atoms with Crippen LogP contribution in [0.15, 0.2) is 66.4 Å². The van der Waals surface area contributed by atoms with E-state index in [1.807, 2.05) is 35.8 Å². The van der Waals surface area contributed by atoms with Crippen molar-refractivity contribution in [1.29, 1.82) is 0 Å². The van der Waals surface area contributed by atoms with Gasteiger partial charge in [-0.25, -0.2) is 9.78 Å². The van der Waals surface area contributed by atoms with Gasteiger partial charge in [0.2, 0.25) is 5.95 Å². The molecule has 148 valence electrons. The number of carbonyl (C=O) groups excluding carboxylic acids is 1. The van der Waals surface area contributed by atoms with Crippen LogP contribution in [-0.2, 0) is 9.53 Å². The van der Waals surface area contributed by atoms with E-state index in [9.17, 15) is 9.90 Å². The van der Waals surface area contributed by atoms with Crippen molar-refractivity contribution >= 4 is 23.0 Å². The molecule has 0 spiro atoms. The number of fused-ring (bicyclic) bond motifs is 3. The second-order valence-corrected chi connectivity index (χ2v) is 6.68. The highest BCUT2D eigenvalue weighted by Crippen LogP contribution is 2.41. The number of anilines is 1. The Kier molecular flexibility index (Phi) is 4.72. The fraction of sp³-hybridized carbons (Fsp3) is 0.182. The number of methoxy groups -OCH3 is 1. The third kappa shape index (κ3) is 3.10. The van der Waals surface area contributed by atoms with Gasteiger partial charge < -0.3 is 19.9 Å². The molecule has 0 saturated heterocycles. The third-order valence-corrected chi connectivity index (χ3v) is 4.90. The Hall–Kier alpha value is -3.74. The molecule has 0 amide bonds. The number of rotatable bonds is 5. The zero-order chi connectivity index (χ0) is 20.5. The van der Waals surface area contributed by atoms with Gasteiger partial charge in [0, 0.05) is 5.70 Å². The molecular weight excluding hydrogens is 370 g/mol. The summed E-state index contributed by atoms with van der Waals surface area (Å²) in [6.45, 7) is 5.53. The van der Waals surface area contributed by atoms with Gasteiger partial charge in [-0.1, -0.05) is 30.9 Å². The molecule has 1 unspecified atom stereocenters. The summed E-state index contributed by atoms with van der Waals surface area (Å²) in [4.78, 5) is 17.6. The first-order chi connectivity index (χ1) is 14.0. The lowest BCUT2D eigenvalue weighted by Crippen LogP contribution is -2.29. The largest absolute Gasteiger partial charge is 0.504 e. The molecule has 1 aliphatic heterocycles. The average Bonchev–Trinajstić information content (AvgIpc) is 3.09. The molecule has 29 heavy (non-hydrogen) atoms. The van der Waals surface area contributed by atoms with Crippen LogP contribution < -0.4 is 10.1 Å². The summed E-state index contributed by atoms with van der Waals surface area (Å²) >= 11 is 0. The summed E-state index contributed by atoms with van der Waals surface area (Å²) in [6, 6.07) is 12.2. The molecule has 2 heterocycles. The standard InChI is InChI=1S/C22H21N3O4/c1-4-11-29-21(27)19-13(2)23-22-24-15-7-5-6-8-16(15)25(22)20(19)14-9-10-17(26)18(12-14)28-3/h4-10,12,20,26H,1,11H2,2-3H3,(H,23,24). The topological polar surface area (TPSA) is 85.6 Å². The minimum Gasteiger partial charge on any atom is -0.504 e. The van der Waals surface area contributed by atoms with E-state index < -0.39 is 12.0 Å². The van der Waals surface area contributed by atoms with Crippen molar-refractivity contribution in [2.45, 2.75) is 13.0 Å². The molecule has 4 rings (SSSR count). The molecule has 0 bridgehead atoms. The van der Waals surface area contributed by atoms with Gasteiger partial charge in [0.05, 0.1) is 29.8 Å². The van der Waals surface area contributed by atoms with Crippen LogP contribution in [-0.4, -0.2) is 34.3 Å². The predicted octanol–water partition coefficient (Wildman–Crippen LogP) is 3.77. The molecule has 0 fully saturated rings. The lowest BCUT2D eigenvalue weighted by molar-refractivity contribution is -0.138. The van der Waals surface area contributed by atoms with Gasteiger partial charge in [-0.15, -0.1) is 0 Å². The monoisotopic (exact) mass is 391 g/mol. The summed E-state index contributed by atoms with van der Waals surface area (Å²) in [6.07, 6.45) is 1.53. The summed E-state index contributed by atoms with van der Waals surface area (Å²) in [7, 11) is 1.49. The van der Waals surface area contributed by atoms with E-state index in [0.717, 1.165) is 16.6 Å². The van der Waals surface area contributed by atoms with Gasteiger partial charge in [-0.05, 0) is 36.8 Å². The van der Waals surface area contributed by atoms with Crippen molar-refractivity contribution in [2.75, 3.05) is 19.0 Å². The quantitative estimate of drug-likeness (QED) is 0.509. The molecule has 1 aromatic heterocycles. The Morgan fingerprint density at radius 3 is 2.90 bits per heavy atom. The molecule has 7 heteroatoms. The van der Waals surface area contributed by atoms with E-state index in [4.69, 9.17) is 9.47 Å². The van der Waals surface area contributed by atoms with Crippen molar-refractivity contribution in [1.82, 2.24) is 9.55 Å². The van der Waals surface area contributed by atoms with Crippen LogP contribution in [0.5, 0.6) is 11.5 Å². The molecule has 2 aromatic carbocycles. The van der Waals surface area contributed by atoms with E-state index in [1.165, 1.54) is 13.2 Å². The van der Waals surface area contributed by atoms with E-state index in [2.05, 4.69) is 16.9 Å². The second kappa shape index (κ2) is 7.35. The molecule has 0 radical (unpaired) electrons. The SMILES string of the molecule is C=CCOC(=O)C1=C(C)Nc2nc3ccccc3n2C1c1ccc(O)c(OC)c1. The highest BCUT2D eigenvalue weighted by molar-refractivity contribution is 5.94. The number of nitrogens with zero attached hydrogens (tertiary/aromatic N) is 2. The van der Waals surface area contributed by atoms with Crippen molar-refractivity contribution in [3.63, 3.8) is 0 Å². The van der Waals surface area contributed by atoms with Crippen molar-refractivity contribution in [3.05, 3.63) is 72.0 Å². The summed E-state index contributed by atoms with van der Waals surface area (Å²) in [5.41, 5.74) is 3.54. The van der Waals surface area contributed by atoms with Gasteiger partial charge in [-0.3, -0.25) is 4.57 Å². The number of hydrogen-bond acceptors (Lipinski definition) is 6. The van der Waals surface area contributed by atoms with E-state index >= 15 is 0 Å². The minimum atomic E-state index is -0.509. The summed E-state index contributed by atoms with van der Waals surface area (Å²) in [5.74, 6) is 0.525. The van der Waals surface area contributed by atoms with E-state index in [1.54, 1.807) is 18.2 Å². The van der Waals surface area contributed by atoms with E-state index in [-0.39, 0.29) is 12.4 Å². The second-order valence-electron chi connectivity index (χ2n) is 6.68. The Labute approximate surface area is 167 Å². The summed E-state index contributed by atoms with van der Waals surface area (Å²) < 4.78 is 12.6. The minimum absolute atomic E-state index is 0.0254. The van der Waals surface area contributed by atoms with Crippen LogP contribution in [0.3, 0.4) is 0 Å². The lowest BCUT2D eigenvalue weighted by Gasteiger charge is -2.30. The number of allylic oxidation sites excluding steroid dienone is 1. The number of aromatic hydroxyl groups is 1. The first-order valence-corrected chi connectivity index (χ1v) is 9.14. The Bertz CT molecular complexity index is 1150. The number of aromatic nitrogens is 2. The number of esters is 1. The van der Waals surface area contributed by atoms with Gasteiger partial charge in [-0.2, -0.15) is 0 Å². The zero-order valence-electron chi connectivity index (χ0n) is 16.2. The number of phenols is 1. The average molecular weight is 391 g/mol. The van der Waals surface area contributed by atoms with Crippen LogP contribution in [0.25, 0.3) is 11.0 Å². The summed E-state index contributed by atoms with van der Waals surface area (Å²) in [5, 5.41) is 13.3. The van der Waals surface area contributed by atoms with Crippen LogP contribution in [0.4, 0.5) is 5.95 Å². The molecule has 0 aliphatic carbocycles. The van der Waals surface area contributed by atoms with Crippen molar-refractivity contribution < 1.29 is 19.4 Å². The molecule has 1 aliphatic rings. The van der Waals surface area contributed by atoms with Crippen LogP contribution in [0.1, 0.15) is 18.5 Å². The predicted molar refractivity (Wildman–Crippen MR) is 110 cm³/mol. The molecule has 0 saturated carbocycles. The fourth-order valence-electron chi connectivity index (χ4n) is 3.62. The normalized spacial score (nSPS) is 15.6. The molecule has 1 atom stereocenters. The van der Waals surface area contributed by atoms with Crippen molar-refractivity contribution in [3.8, 4) is 11.5 Å². The van der Waals surface area contributed by atoms with Gasteiger partial charge in [0.25, 0.3) is 0 Å². The zero-order valence-corrected chi connectivity index (χ0v) is 16.2. The molecule has 2 N–H and O–H groups in total. The highest BCUT2D eigenvalue weighted by Gasteiger charge is 2.35. The number of imidazole rings is 1. The smallest absolute Gasteiger partial charge is 0.338 e. The van der Waals surface area contributed by atoms with Crippen molar-refractivity contribution in [2.24, 2.45) is 0 Å². The van der Waals surface area contributed by atoms with Gasteiger partial charge in [0.15, 0.2) is 11.5 Å². The number of hydrogen-bond donors (Lipinski definition) is 2. The number of carbonyl (C=O) groups is 1. The maximum atomic E-state index is 13.0. The van der Waals surface area contributed by atoms with Crippen LogP contribution in [0.2, 0.25) is 0 Å². The Morgan fingerprint density at radius 1 is 1.34 bits per heavy atom. The Balaban J connectivity index is 1.96. The fourth-order valence-corrected chi connectivity index (χ4v) is 3.62. The van der Waals surface area contributed by atoms with Crippen LogP contribution in [0, 0.1) is 0 Å². The maximum absolute atomic E-state index is 13.0. The van der Waals surface area contributed by atoms with Crippen LogP contribution >= 0.6 is 0 Å². The first-order valence-electron chi connectivity index (χ1n) is 9.14. The lowest BCUT2D eigenvalue weighted by atomic mass is 9.94. The van der Waals surface area contributed by atoms with Gasteiger partial charge >= 0.3 is 5.97 Å². The number of para-hydroxylation sites is 2. The van der Waals surface area contributed by atoms with Gasteiger partial charge in [0.1, 0.15) is 6.61 Å². The number of nitrogens with one attached hydrogen (secondary N) is 1. The van der Waals surface area contributed by atoms with E-state index in [0.29, 0.717) is 23.0 Å².